The fourth-order valence-corrected chi connectivity index (χ4v) is 2.87. The Bertz CT molecular complexity index is 120. The topological polar surface area (TPSA) is 23.5 Å². The summed E-state index contributed by atoms with van der Waals surface area (Å²) in [6.07, 6.45) is 3.43. The Labute approximate surface area is 85.7 Å². The molecule has 2 nitrogen and oxygen atoms in total. The number of aliphatic hydroxyl groups is 1. The van der Waals surface area contributed by atoms with Crippen LogP contribution in [0, 0.1) is 0 Å². The third-order valence-electron chi connectivity index (χ3n) is 2.65. The van der Waals surface area contributed by atoms with E-state index in [4.69, 9.17) is 5.11 Å². The molecular formula is C10H21NOS. The van der Waals surface area contributed by atoms with Crippen LogP contribution >= 0.6 is 11.8 Å². The summed E-state index contributed by atoms with van der Waals surface area (Å²) in [4.78, 5) is 2.55. The monoisotopic (exact) mass is 203 g/mol. The van der Waals surface area contributed by atoms with Crippen LogP contribution < -0.4 is 0 Å². The van der Waals surface area contributed by atoms with Crippen molar-refractivity contribution < 1.29 is 5.11 Å². The number of aliphatic hydroxyl groups excluding tert-OH is 1. The molecule has 0 aromatic carbocycles. The summed E-state index contributed by atoms with van der Waals surface area (Å²) in [5.41, 5.74) is 0. The van der Waals surface area contributed by atoms with E-state index in [1.165, 1.54) is 37.4 Å². The van der Waals surface area contributed by atoms with Crippen LogP contribution in [0.1, 0.15) is 26.2 Å². The Morgan fingerprint density at radius 3 is 2.54 bits per heavy atom. The molecule has 1 aliphatic rings. The number of hydrogen-bond acceptors (Lipinski definition) is 3. The van der Waals surface area contributed by atoms with E-state index < -0.39 is 0 Å². The lowest BCUT2D eigenvalue weighted by Crippen LogP contribution is -2.41. The maximum Gasteiger partial charge on any atom is 0.0445 e. The first-order valence-electron chi connectivity index (χ1n) is 5.31. The average Bonchev–Trinajstić information content (AvgIpc) is 2.19. The highest BCUT2D eigenvalue weighted by Gasteiger charge is 2.19. The summed E-state index contributed by atoms with van der Waals surface area (Å²) >= 11 is 2.05. The van der Waals surface area contributed by atoms with E-state index in [-0.39, 0.29) is 0 Å². The van der Waals surface area contributed by atoms with E-state index in [0.29, 0.717) is 12.6 Å². The lowest BCUT2D eigenvalue weighted by molar-refractivity contribution is 0.160. The van der Waals surface area contributed by atoms with Crippen LogP contribution in [0.2, 0.25) is 0 Å². The van der Waals surface area contributed by atoms with Crippen molar-refractivity contribution >= 4 is 11.8 Å². The molecule has 78 valence electrons. The zero-order valence-corrected chi connectivity index (χ0v) is 9.35. The fourth-order valence-electron chi connectivity index (χ4n) is 1.93. The van der Waals surface area contributed by atoms with Gasteiger partial charge in [0.05, 0.1) is 0 Å². The van der Waals surface area contributed by atoms with Gasteiger partial charge in [0.15, 0.2) is 0 Å². The lowest BCUT2D eigenvalue weighted by atomic mass is 10.1. The van der Waals surface area contributed by atoms with Gasteiger partial charge in [-0.15, -0.1) is 0 Å². The van der Waals surface area contributed by atoms with Crippen molar-refractivity contribution in [2.45, 2.75) is 32.2 Å². The van der Waals surface area contributed by atoms with E-state index >= 15 is 0 Å². The van der Waals surface area contributed by atoms with Crippen LogP contribution in [0.5, 0.6) is 0 Å². The summed E-state index contributed by atoms with van der Waals surface area (Å²) in [7, 11) is 0. The van der Waals surface area contributed by atoms with Gasteiger partial charge in [-0.3, -0.25) is 4.90 Å². The van der Waals surface area contributed by atoms with Gasteiger partial charge in [0, 0.05) is 37.2 Å². The van der Waals surface area contributed by atoms with Gasteiger partial charge in [0.2, 0.25) is 0 Å². The van der Waals surface area contributed by atoms with Gasteiger partial charge in [-0.2, -0.15) is 11.8 Å². The molecule has 13 heavy (non-hydrogen) atoms. The van der Waals surface area contributed by atoms with Crippen LogP contribution in [0.3, 0.4) is 0 Å². The smallest absolute Gasteiger partial charge is 0.0445 e. The quantitative estimate of drug-likeness (QED) is 0.734. The Kier molecular flexibility index (Phi) is 5.83. The van der Waals surface area contributed by atoms with Crippen molar-refractivity contribution in [3.63, 3.8) is 0 Å². The van der Waals surface area contributed by atoms with Crippen molar-refractivity contribution in [3.05, 3.63) is 0 Å². The second-order valence-electron chi connectivity index (χ2n) is 3.60. The molecule has 1 N–H and O–H groups in total. The number of rotatable bonds is 5. The summed E-state index contributed by atoms with van der Waals surface area (Å²) in [5.74, 6) is 2.54. The zero-order valence-electron chi connectivity index (χ0n) is 8.54. The van der Waals surface area contributed by atoms with E-state index in [9.17, 15) is 0 Å². The van der Waals surface area contributed by atoms with Gasteiger partial charge in [-0.25, -0.2) is 0 Å². The molecule has 0 aromatic rings. The fraction of sp³-hybridized carbons (Fsp3) is 1.00. The van der Waals surface area contributed by atoms with Crippen LogP contribution in [0.4, 0.5) is 0 Å². The third-order valence-corrected chi connectivity index (χ3v) is 3.59. The van der Waals surface area contributed by atoms with Crippen molar-refractivity contribution in [2.24, 2.45) is 0 Å². The van der Waals surface area contributed by atoms with Gasteiger partial charge in [0.25, 0.3) is 0 Å². The Morgan fingerprint density at radius 2 is 2.00 bits per heavy atom. The Hall–Kier alpha value is 0.270. The second kappa shape index (κ2) is 6.68. The Balaban J connectivity index is 2.32. The van der Waals surface area contributed by atoms with E-state index in [2.05, 4.69) is 11.8 Å². The zero-order chi connectivity index (χ0) is 9.52. The number of nitrogens with zero attached hydrogens (tertiary/aromatic N) is 1. The summed E-state index contributed by atoms with van der Waals surface area (Å²) < 4.78 is 0. The maximum absolute atomic E-state index is 8.96. The molecule has 1 heterocycles. The van der Waals surface area contributed by atoms with Crippen molar-refractivity contribution in [1.82, 2.24) is 4.90 Å². The predicted molar refractivity (Wildman–Crippen MR) is 59.3 cm³/mol. The molecule has 3 heteroatoms. The maximum atomic E-state index is 8.96. The first kappa shape index (κ1) is 11.3. The molecule has 1 unspecified atom stereocenters. The van der Waals surface area contributed by atoms with E-state index in [1.807, 2.05) is 11.8 Å². The first-order valence-corrected chi connectivity index (χ1v) is 6.46. The highest BCUT2D eigenvalue weighted by atomic mass is 32.2. The molecule has 0 saturated carbocycles. The molecule has 1 atom stereocenters. The number of thioether (sulfide) groups is 1. The molecule has 1 fully saturated rings. The standard InChI is InChI=1S/C10H21NOS/c1-2-3-10(4-7-12)11-5-8-13-9-6-11/h10,12H,2-9H2,1H3. The normalized spacial score (nSPS) is 21.7. The van der Waals surface area contributed by atoms with E-state index in [1.54, 1.807) is 0 Å². The van der Waals surface area contributed by atoms with Crippen LogP contribution in [-0.4, -0.2) is 47.3 Å². The van der Waals surface area contributed by atoms with Crippen LogP contribution in [0.15, 0.2) is 0 Å². The lowest BCUT2D eigenvalue weighted by Gasteiger charge is -2.34. The number of hydrogen-bond donors (Lipinski definition) is 1. The molecule has 1 saturated heterocycles. The molecule has 0 radical (unpaired) electrons. The molecule has 1 rings (SSSR count). The minimum Gasteiger partial charge on any atom is -0.396 e. The Morgan fingerprint density at radius 1 is 1.31 bits per heavy atom. The molecule has 1 aliphatic heterocycles. The summed E-state index contributed by atoms with van der Waals surface area (Å²) in [6.45, 7) is 5.00. The summed E-state index contributed by atoms with van der Waals surface area (Å²) in [5, 5.41) is 8.96. The SMILES string of the molecule is CCCC(CCO)N1CCSCC1. The van der Waals surface area contributed by atoms with Crippen LogP contribution in [-0.2, 0) is 0 Å². The molecule has 0 amide bonds. The largest absolute Gasteiger partial charge is 0.396 e. The van der Waals surface area contributed by atoms with E-state index in [0.717, 1.165) is 6.42 Å². The van der Waals surface area contributed by atoms with Crippen molar-refractivity contribution in [2.75, 3.05) is 31.2 Å². The highest BCUT2D eigenvalue weighted by Crippen LogP contribution is 2.17. The van der Waals surface area contributed by atoms with Crippen LogP contribution in [0.25, 0.3) is 0 Å². The molecular weight excluding hydrogens is 182 g/mol. The van der Waals surface area contributed by atoms with Crippen molar-refractivity contribution in [3.8, 4) is 0 Å². The van der Waals surface area contributed by atoms with Gasteiger partial charge < -0.3 is 5.11 Å². The molecule has 0 aromatic heterocycles. The van der Waals surface area contributed by atoms with Gasteiger partial charge in [-0.1, -0.05) is 13.3 Å². The highest BCUT2D eigenvalue weighted by molar-refractivity contribution is 7.99. The predicted octanol–water partition coefficient (Wildman–Crippen LogP) is 1.59. The van der Waals surface area contributed by atoms with Gasteiger partial charge >= 0.3 is 0 Å². The minimum absolute atomic E-state index is 0.342. The first-order chi connectivity index (χ1) is 6.38. The van der Waals surface area contributed by atoms with Crippen molar-refractivity contribution in [1.29, 1.82) is 0 Å². The average molecular weight is 203 g/mol. The molecule has 0 spiro atoms. The third kappa shape index (κ3) is 3.88. The van der Waals surface area contributed by atoms with Gasteiger partial charge in [-0.05, 0) is 12.8 Å². The molecule has 0 aliphatic carbocycles. The molecule has 0 bridgehead atoms. The minimum atomic E-state index is 0.342. The summed E-state index contributed by atoms with van der Waals surface area (Å²) in [6, 6.07) is 0.635. The second-order valence-corrected chi connectivity index (χ2v) is 4.83. The van der Waals surface area contributed by atoms with Gasteiger partial charge in [0.1, 0.15) is 0 Å².